The minimum Gasteiger partial charge on any atom is -0.324 e. The number of hydrogen-bond donors (Lipinski definition) is 1. The van der Waals surface area contributed by atoms with Crippen LogP contribution in [0.3, 0.4) is 0 Å². The average Bonchev–Trinajstić information content (AvgIpc) is 2.83. The summed E-state index contributed by atoms with van der Waals surface area (Å²) in [5, 5.41) is 0. The van der Waals surface area contributed by atoms with Gasteiger partial charge in [0.1, 0.15) is 0 Å². The zero-order chi connectivity index (χ0) is 12.8. The fourth-order valence-electron chi connectivity index (χ4n) is 4.99. The van der Waals surface area contributed by atoms with Crippen molar-refractivity contribution in [2.75, 3.05) is 0 Å². The third-order valence-corrected chi connectivity index (χ3v) is 6.00. The van der Waals surface area contributed by atoms with E-state index in [9.17, 15) is 0 Å². The van der Waals surface area contributed by atoms with Crippen LogP contribution in [0.15, 0.2) is 30.3 Å². The summed E-state index contributed by atoms with van der Waals surface area (Å²) in [7, 11) is 0. The van der Waals surface area contributed by atoms with Gasteiger partial charge in [0.05, 0.1) is 0 Å². The Kier molecular flexibility index (Phi) is 2.78. The molecule has 2 saturated carbocycles. The predicted molar refractivity (Wildman–Crippen MR) is 76.5 cm³/mol. The van der Waals surface area contributed by atoms with Crippen LogP contribution in [0, 0.1) is 11.8 Å². The number of benzene rings is 1. The van der Waals surface area contributed by atoms with Crippen molar-refractivity contribution < 1.29 is 0 Å². The third kappa shape index (κ3) is 1.31. The van der Waals surface area contributed by atoms with Gasteiger partial charge in [0.2, 0.25) is 0 Å². The number of rotatable bonds is 4. The summed E-state index contributed by atoms with van der Waals surface area (Å²) in [6, 6.07) is 11.0. The first-order valence-electron chi connectivity index (χ1n) is 7.55. The molecular weight excluding hydrogens is 218 g/mol. The summed E-state index contributed by atoms with van der Waals surface area (Å²) in [5.74, 6) is 1.58. The van der Waals surface area contributed by atoms with Gasteiger partial charge < -0.3 is 5.73 Å². The standard InChI is InChI=1S/C17H25N/c1-3-16(4-2,13-9-6-5-7-10-13)17(18)14-11-8-12-15(14)17/h5-7,9-10,14-15H,3-4,8,11-12,18H2,1-2H3. The predicted octanol–water partition coefficient (Wildman–Crippen LogP) is 3.87. The molecule has 18 heavy (non-hydrogen) atoms. The van der Waals surface area contributed by atoms with Gasteiger partial charge >= 0.3 is 0 Å². The van der Waals surface area contributed by atoms with E-state index in [-0.39, 0.29) is 11.0 Å². The van der Waals surface area contributed by atoms with Crippen molar-refractivity contribution in [1.82, 2.24) is 0 Å². The molecule has 1 aromatic rings. The van der Waals surface area contributed by atoms with Crippen LogP contribution in [0.5, 0.6) is 0 Å². The third-order valence-electron chi connectivity index (χ3n) is 6.00. The second-order valence-electron chi connectivity index (χ2n) is 6.23. The van der Waals surface area contributed by atoms with Crippen LogP contribution in [0.1, 0.15) is 51.5 Å². The summed E-state index contributed by atoms with van der Waals surface area (Å²) in [6.45, 7) is 4.64. The molecule has 0 spiro atoms. The molecule has 1 heteroatoms. The number of nitrogens with two attached hydrogens (primary N) is 1. The molecule has 0 aromatic heterocycles. The van der Waals surface area contributed by atoms with Crippen molar-refractivity contribution in [2.45, 2.75) is 56.9 Å². The van der Waals surface area contributed by atoms with Crippen LogP contribution in [0.4, 0.5) is 0 Å². The first-order valence-corrected chi connectivity index (χ1v) is 7.55. The first kappa shape index (κ1) is 12.2. The van der Waals surface area contributed by atoms with E-state index in [1.54, 1.807) is 0 Å². The van der Waals surface area contributed by atoms with Crippen molar-refractivity contribution >= 4 is 0 Å². The maximum absolute atomic E-state index is 6.93. The fourth-order valence-corrected chi connectivity index (χ4v) is 4.99. The van der Waals surface area contributed by atoms with Crippen LogP contribution in [0.2, 0.25) is 0 Å². The smallest absolute Gasteiger partial charge is 0.0316 e. The lowest BCUT2D eigenvalue weighted by molar-refractivity contribution is 0.253. The van der Waals surface area contributed by atoms with Crippen molar-refractivity contribution in [3.05, 3.63) is 35.9 Å². The van der Waals surface area contributed by atoms with Gasteiger partial charge in [-0.1, -0.05) is 50.6 Å². The molecule has 0 radical (unpaired) electrons. The van der Waals surface area contributed by atoms with E-state index in [2.05, 4.69) is 44.2 Å². The van der Waals surface area contributed by atoms with Gasteiger partial charge in [-0.05, 0) is 43.1 Å². The summed E-state index contributed by atoms with van der Waals surface area (Å²) in [4.78, 5) is 0. The highest BCUT2D eigenvalue weighted by molar-refractivity contribution is 5.39. The molecule has 2 atom stereocenters. The highest BCUT2D eigenvalue weighted by Gasteiger charge is 2.71. The van der Waals surface area contributed by atoms with E-state index in [1.807, 2.05) is 0 Å². The van der Waals surface area contributed by atoms with Crippen LogP contribution < -0.4 is 5.73 Å². The minimum absolute atomic E-state index is 0.0795. The van der Waals surface area contributed by atoms with E-state index >= 15 is 0 Å². The highest BCUT2D eigenvalue weighted by atomic mass is 15.0. The molecule has 0 heterocycles. The summed E-state index contributed by atoms with van der Waals surface area (Å²) in [5.41, 5.74) is 8.67. The largest absolute Gasteiger partial charge is 0.324 e. The number of fused-ring (bicyclic) bond motifs is 1. The highest BCUT2D eigenvalue weighted by Crippen LogP contribution is 2.68. The molecule has 1 aromatic carbocycles. The summed E-state index contributed by atoms with van der Waals surface area (Å²) >= 11 is 0. The van der Waals surface area contributed by atoms with E-state index in [1.165, 1.54) is 24.8 Å². The lowest BCUT2D eigenvalue weighted by atomic mass is 9.66. The van der Waals surface area contributed by atoms with Crippen LogP contribution in [0.25, 0.3) is 0 Å². The Morgan fingerprint density at radius 3 is 2.17 bits per heavy atom. The SMILES string of the molecule is CCC(CC)(c1ccccc1)C1(N)C2CCCC21. The van der Waals surface area contributed by atoms with E-state index in [4.69, 9.17) is 5.73 Å². The quantitative estimate of drug-likeness (QED) is 0.853. The fraction of sp³-hybridized carbons (Fsp3) is 0.647. The molecule has 0 aliphatic heterocycles. The van der Waals surface area contributed by atoms with E-state index in [0.717, 1.165) is 24.7 Å². The van der Waals surface area contributed by atoms with Gasteiger partial charge in [0, 0.05) is 11.0 Å². The van der Waals surface area contributed by atoms with Crippen molar-refractivity contribution in [1.29, 1.82) is 0 Å². The maximum Gasteiger partial charge on any atom is 0.0316 e. The van der Waals surface area contributed by atoms with Gasteiger partial charge in [-0.3, -0.25) is 0 Å². The zero-order valence-corrected chi connectivity index (χ0v) is 11.7. The summed E-state index contributed by atoms with van der Waals surface area (Å²) in [6.07, 6.45) is 6.44. The molecule has 0 bridgehead atoms. The van der Waals surface area contributed by atoms with Crippen LogP contribution in [-0.2, 0) is 5.41 Å². The molecule has 2 fully saturated rings. The van der Waals surface area contributed by atoms with Gasteiger partial charge in [0.15, 0.2) is 0 Å². The Morgan fingerprint density at radius 2 is 1.67 bits per heavy atom. The first-order chi connectivity index (χ1) is 8.70. The normalized spacial score (nSPS) is 34.4. The Labute approximate surface area is 111 Å². The lowest BCUT2D eigenvalue weighted by Gasteiger charge is -2.41. The van der Waals surface area contributed by atoms with Gasteiger partial charge in [-0.15, -0.1) is 0 Å². The van der Waals surface area contributed by atoms with Crippen LogP contribution >= 0.6 is 0 Å². The molecule has 0 amide bonds. The van der Waals surface area contributed by atoms with E-state index in [0.29, 0.717) is 0 Å². The minimum atomic E-state index is 0.0795. The lowest BCUT2D eigenvalue weighted by Crippen LogP contribution is -2.50. The molecule has 3 rings (SSSR count). The van der Waals surface area contributed by atoms with Crippen molar-refractivity contribution in [3.8, 4) is 0 Å². The molecule has 0 saturated heterocycles. The molecule has 2 aliphatic carbocycles. The molecule has 1 nitrogen and oxygen atoms in total. The monoisotopic (exact) mass is 243 g/mol. The maximum atomic E-state index is 6.93. The Bertz CT molecular complexity index is 408. The second kappa shape index (κ2) is 4.09. The zero-order valence-electron chi connectivity index (χ0n) is 11.7. The molecule has 2 N–H and O–H groups in total. The van der Waals surface area contributed by atoms with Crippen LogP contribution in [-0.4, -0.2) is 5.54 Å². The van der Waals surface area contributed by atoms with Gasteiger partial charge in [-0.2, -0.15) is 0 Å². The topological polar surface area (TPSA) is 26.0 Å². The van der Waals surface area contributed by atoms with E-state index < -0.39 is 0 Å². The van der Waals surface area contributed by atoms with Gasteiger partial charge in [-0.25, -0.2) is 0 Å². The summed E-state index contributed by atoms with van der Waals surface area (Å²) < 4.78 is 0. The Balaban J connectivity index is 2.03. The van der Waals surface area contributed by atoms with Crippen molar-refractivity contribution in [3.63, 3.8) is 0 Å². The molecule has 2 unspecified atom stereocenters. The van der Waals surface area contributed by atoms with Crippen molar-refractivity contribution in [2.24, 2.45) is 17.6 Å². The molecule has 98 valence electrons. The number of hydrogen-bond acceptors (Lipinski definition) is 1. The Hall–Kier alpha value is -0.820. The Morgan fingerprint density at radius 1 is 1.11 bits per heavy atom. The second-order valence-corrected chi connectivity index (χ2v) is 6.23. The molecular formula is C17H25N. The van der Waals surface area contributed by atoms with Gasteiger partial charge in [0.25, 0.3) is 0 Å². The average molecular weight is 243 g/mol. The molecule has 2 aliphatic rings.